The van der Waals surface area contributed by atoms with E-state index in [9.17, 15) is 0 Å². The van der Waals surface area contributed by atoms with E-state index in [-0.39, 0.29) is 0 Å². The third kappa shape index (κ3) is 3.81. The summed E-state index contributed by atoms with van der Waals surface area (Å²) in [5.41, 5.74) is 0. The minimum Gasteiger partial charge on any atom is -0.396 e. The van der Waals surface area contributed by atoms with Crippen LogP contribution < -0.4 is 0 Å². The van der Waals surface area contributed by atoms with Crippen molar-refractivity contribution in [3.8, 4) is 0 Å². The Morgan fingerprint density at radius 1 is 1.29 bits per heavy atom. The van der Waals surface area contributed by atoms with Crippen molar-refractivity contribution in [3.05, 3.63) is 12.7 Å². The number of hydrogen-bond acceptors (Lipinski definition) is 2. The number of aliphatic hydroxyl groups is 1. The highest BCUT2D eigenvalue weighted by Gasteiger charge is 2.23. The highest BCUT2D eigenvalue weighted by Crippen LogP contribution is 2.25. The van der Waals surface area contributed by atoms with Crippen LogP contribution >= 0.6 is 0 Å². The SMILES string of the molecule is C=CCCCN(CCCO)C1CCC1. The third-order valence-electron chi connectivity index (χ3n) is 3.05. The normalized spacial score (nSPS) is 17.0. The molecule has 0 aromatic heterocycles. The van der Waals surface area contributed by atoms with Crippen molar-refractivity contribution in [2.24, 2.45) is 0 Å². The molecule has 2 heteroatoms. The zero-order valence-corrected chi connectivity index (χ0v) is 9.12. The van der Waals surface area contributed by atoms with Crippen LogP contribution in [0.25, 0.3) is 0 Å². The van der Waals surface area contributed by atoms with Gasteiger partial charge in [-0.25, -0.2) is 0 Å². The molecule has 0 heterocycles. The predicted octanol–water partition coefficient (Wildman–Crippen LogP) is 2.19. The second-order valence-corrected chi connectivity index (χ2v) is 4.13. The fourth-order valence-electron chi connectivity index (χ4n) is 1.94. The minimum atomic E-state index is 0.324. The molecule has 1 saturated carbocycles. The Hall–Kier alpha value is -0.340. The quantitative estimate of drug-likeness (QED) is 0.476. The van der Waals surface area contributed by atoms with E-state index < -0.39 is 0 Å². The van der Waals surface area contributed by atoms with Crippen molar-refractivity contribution in [2.75, 3.05) is 19.7 Å². The van der Waals surface area contributed by atoms with E-state index in [1.807, 2.05) is 6.08 Å². The molecule has 1 fully saturated rings. The fraction of sp³-hybridized carbons (Fsp3) is 0.833. The highest BCUT2D eigenvalue weighted by atomic mass is 16.3. The lowest BCUT2D eigenvalue weighted by Crippen LogP contribution is -2.41. The molecule has 0 amide bonds. The first-order valence-electron chi connectivity index (χ1n) is 5.84. The molecule has 2 nitrogen and oxygen atoms in total. The summed E-state index contributed by atoms with van der Waals surface area (Å²) >= 11 is 0. The lowest BCUT2D eigenvalue weighted by Gasteiger charge is -2.37. The van der Waals surface area contributed by atoms with E-state index >= 15 is 0 Å². The summed E-state index contributed by atoms with van der Waals surface area (Å²) in [4.78, 5) is 2.54. The van der Waals surface area contributed by atoms with Crippen molar-refractivity contribution in [2.45, 2.75) is 44.6 Å². The average Bonchev–Trinajstić information content (AvgIpc) is 2.11. The molecule has 0 unspecified atom stereocenters. The standard InChI is InChI=1S/C12H23NO/c1-2-3-4-9-13(10-6-11-14)12-7-5-8-12/h2,12,14H,1,3-11H2. The Morgan fingerprint density at radius 2 is 2.00 bits per heavy atom. The molecule has 0 aromatic rings. The molecule has 1 rings (SSSR count). The van der Waals surface area contributed by atoms with Crippen LogP contribution in [-0.2, 0) is 0 Å². The van der Waals surface area contributed by atoms with E-state index in [0.717, 1.165) is 25.4 Å². The van der Waals surface area contributed by atoms with Gasteiger partial charge in [-0.15, -0.1) is 6.58 Å². The summed E-state index contributed by atoms with van der Waals surface area (Å²) in [6.07, 6.45) is 9.35. The van der Waals surface area contributed by atoms with Gasteiger partial charge >= 0.3 is 0 Å². The summed E-state index contributed by atoms with van der Waals surface area (Å²) in [6.45, 7) is 6.31. The second-order valence-electron chi connectivity index (χ2n) is 4.13. The molecular formula is C12H23NO. The summed E-state index contributed by atoms with van der Waals surface area (Å²) in [7, 11) is 0. The average molecular weight is 197 g/mol. The van der Waals surface area contributed by atoms with Crippen LogP contribution in [0.2, 0.25) is 0 Å². The maximum atomic E-state index is 8.82. The monoisotopic (exact) mass is 197 g/mol. The maximum absolute atomic E-state index is 8.82. The Bertz CT molecular complexity index is 154. The minimum absolute atomic E-state index is 0.324. The van der Waals surface area contributed by atoms with E-state index in [2.05, 4.69) is 11.5 Å². The van der Waals surface area contributed by atoms with E-state index in [4.69, 9.17) is 5.11 Å². The third-order valence-corrected chi connectivity index (χ3v) is 3.05. The van der Waals surface area contributed by atoms with Gasteiger partial charge in [0.05, 0.1) is 0 Å². The van der Waals surface area contributed by atoms with Gasteiger partial charge in [-0.2, -0.15) is 0 Å². The summed E-state index contributed by atoms with van der Waals surface area (Å²) in [6, 6.07) is 0.811. The summed E-state index contributed by atoms with van der Waals surface area (Å²) in [5.74, 6) is 0. The topological polar surface area (TPSA) is 23.5 Å². The molecule has 14 heavy (non-hydrogen) atoms. The summed E-state index contributed by atoms with van der Waals surface area (Å²) in [5, 5.41) is 8.82. The fourth-order valence-corrected chi connectivity index (χ4v) is 1.94. The van der Waals surface area contributed by atoms with Crippen LogP contribution in [-0.4, -0.2) is 35.7 Å². The van der Waals surface area contributed by atoms with Crippen molar-refractivity contribution in [1.82, 2.24) is 4.90 Å². The van der Waals surface area contributed by atoms with Crippen molar-refractivity contribution < 1.29 is 5.11 Å². The van der Waals surface area contributed by atoms with Gasteiger partial charge in [-0.3, -0.25) is 0 Å². The highest BCUT2D eigenvalue weighted by molar-refractivity contribution is 4.80. The van der Waals surface area contributed by atoms with Crippen LogP contribution in [0.1, 0.15) is 38.5 Å². The molecule has 1 N–H and O–H groups in total. The molecule has 0 saturated heterocycles. The number of nitrogens with zero attached hydrogens (tertiary/aromatic N) is 1. The van der Waals surface area contributed by atoms with Crippen LogP contribution in [0.4, 0.5) is 0 Å². The first kappa shape index (κ1) is 11.7. The smallest absolute Gasteiger partial charge is 0.0443 e. The van der Waals surface area contributed by atoms with Crippen LogP contribution in [0.5, 0.6) is 0 Å². The van der Waals surface area contributed by atoms with Gasteiger partial charge in [0.15, 0.2) is 0 Å². The molecule has 1 aliphatic rings. The number of aliphatic hydroxyl groups excluding tert-OH is 1. The first-order valence-corrected chi connectivity index (χ1v) is 5.84. The van der Waals surface area contributed by atoms with Crippen molar-refractivity contribution in [1.29, 1.82) is 0 Å². The molecule has 0 spiro atoms. The predicted molar refractivity (Wildman–Crippen MR) is 60.3 cm³/mol. The molecular weight excluding hydrogens is 174 g/mol. The molecule has 82 valence electrons. The van der Waals surface area contributed by atoms with Gasteiger partial charge in [-0.05, 0) is 38.6 Å². The largest absolute Gasteiger partial charge is 0.396 e. The van der Waals surface area contributed by atoms with Crippen LogP contribution in [0.3, 0.4) is 0 Å². The Morgan fingerprint density at radius 3 is 2.50 bits per heavy atom. The van der Waals surface area contributed by atoms with Crippen molar-refractivity contribution >= 4 is 0 Å². The number of unbranched alkanes of at least 4 members (excludes halogenated alkanes) is 1. The molecule has 0 radical (unpaired) electrons. The Balaban J connectivity index is 2.17. The zero-order valence-electron chi connectivity index (χ0n) is 9.12. The molecule has 0 atom stereocenters. The van der Waals surface area contributed by atoms with E-state index in [1.165, 1.54) is 32.2 Å². The van der Waals surface area contributed by atoms with E-state index in [0.29, 0.717) is 6.61 Å². The van der Waals surface area contributed by atoms with Gasteiger partial charge < -0.3 is 10.0 Å². The Kier molecular flexibility index (Phi) is 5.88. The maximum Gasteiger partial charge on any atom is 0.0443 e. The Labute approximate surface area is 87.6 Å². The molecule has 0 bridgehead atoms. The van der Waals surface area contributed by atoms with E-state index in [1.54, 1.807) is 0 Å². The number of allylic oxidation sites excluding steroid dienone is 1. The van der Waals surface area contributed by atoms with Gasteiger partial charge in [0.2, 0.25) is 0 Å². The summed E-state index contributed by atoms with van der Waals surface area (Å²) < 4.78 is 0. The number of rotatable bonds is 8. The lowest BCUT2D eigenvalue weighted by atomic mass is 9.91. The van der Waals surface area contributed by atoms with Crippen LogP contribution in [0, 0.1) is 0 Å². The van der Waals surface area contributed by atoms with Gasteiger partial charge in [0.25, 0.3) is 0 Å². The second kappa shape index (κ2) is 7.02. The number of hydrogen-bond donors (Lipinski definition) is 1. The first-order chi connectivity index (χ1) is 6.88. The van der Waals surface area contributed by atoms with Gasteiger partial charge in [0.1, 0.15) is 0 Å². The van der Waals surface area contributed by atoms with Crippen molar-refractivity contribution in [3.63, 3.8) is 0 Å². The lowest BCUT2D eigenvalue weighted by molar-refractivity contribution is 0.115. The van der Waals surface area contributed by atoms with Gasteiger partial charge in [0, 0.05) is 19.2 Å². The zero-order chi connectivity index (χ0) is 10.2. The molecule has 1 aliphatic carbocycles. The molecule has 0 aliphatic heterocycles. The molecule has 0 aromatic carbocycles. The van der Waals surface area contributed by atoms with Gasteiger partial charge in [-0.1, -0.05) is 12.5 Å². The van der Waals surface area contributed by atoms with Crippen LogP contribution in [0.15, 0.2) is 12.7 Å².